The number of hydrogen-bond donors (Lipinski definition) is 9. The normalized spacial score (nSPS) is 14.5. The minimum atomic E-state index is -1.72. The van der Waals surface area contributed by atoms with E-state index in [-0.39, 0.29) is 30.9 Å². The van der Waals surface area contributed by atoms with E-state index in [9.17, 15) is 48.9 Å². The Labute approximate surface area is 302 Å². The number of aliphatic carboxylic acids is 2. The molecule has 0 saturated carbocycles. The largest absolute Gasteiger partial charge is 0.508 e. The molecule has 0 aliphatic rings. The first-order chi connectivity index (χ1) is 24.4. The third kappa shape index (κ3) is 14.4. The summed E-state index contributed by atoms with van der Waals surface area (Å²) < 4.78 is 0. The lowest BCUT2D eigenvalue weighted by molar-refractivity contribution is -0.143. The summed E-state index contributed by atoms with van der Waals surface area (Å²) in [5.74, 6) is -7.52. The number of carbonyl (C=O) groups excluding carboxylic acids is 5. The highest BCUT2D eigenvalue weighted by atomic mass is 16.4. The van der Waals surface area contributed by atoms with Gasteiger partial charge in [-0.15, -0.1) is 0 Å². The van der Waals surface area contributed by atoms with E-state index < -0.39 is 90.1 Å². The Morgan fingerprint density at radius 1 is 0.596 bits per heavy atom. The first-order valence-corrected chi connectivity index (χ1v) is 16.9. The first kappa shape index (κ1) is 42.7. The van der Waals surface area contributed by atoms with E-state index >= 15 is 0 Å². The van der Waals surface area contributed by atoms with Crippen molar-refractivity contribution in [1.29, 1.82) is 0 Å². The summed E-state index contributed by atoms with van der Waals surface area (Å²) in [5, 5.41) is 41.5. The summed E-state index contributed by atoms with van der Waals surface area (Å²) in [6.45, 7) is 8.36. The van der Waals surface area contributed by atoms with Crippen LogP contribution in [0, 0.1) is 11.8 Å². The average Bonchev–Trinajstić information content (AvgIpc) is 3.06. The molecular formula is C36H50N6O10. The molecule has 2 aromatic carbocycles. The van der Waals surface area contributed by atoms with Gasteiger partial charge in [0.05, 0.1) is 12.5 Å². The maximum Gasteiger partial charge on any atom is 0.326 e. The van der Waals surface area contributed by atoms with Crippen molar-refractivity contribution in [3.63, 3.8) is 0 Å². The van der Waals surface area contributed by atoms with Crippen molar-refractivity contribution in [2.24, 2.45) is 17.6 Å². The molecule has 5 amide bonds. The van der Waals surface area contributed by atoms with Crippen molar-refractivity contribution < 1.29 is 48.9 Å². The van der Waals surface area contributed by atoms with Crippen LogP contribution in [0.1, 0.15) is 58.6 Å². The highest BCUT2D eigenvalue weighted by molar-refractivity contribution is 5.97. The van der Waals surface area contributed by atoms with Gasteiger partial charge in [0.2, 0.25) is 29.5 Å². The fraction of sp³-hybridized carbons (Fsp3) is 0.472. The molecular weight excluding hydrogens is 676 g/mol. The van der Waals surface area contributed by atoms with E-state index in [4.69, 9.17) is 5.73 Å². The highest BCUT2D eigenvalue weighted by Crippen LogP contribution is 2.13. The van der Waals surface area contributed by atoms with Crippen LogP contribution in [0.2, 0.25) is 0 Å². The Balaban J connectivity index is 2.32. The van der Waals surface area contributed by atoms with E-state index in [1.807, 2.05) is 13.8 Å². The van der Waals surface area contributed by atoms with Crippen LogP contribution in [-0.2, 0) is 46.4 Å². The molecule has 0 fully saturated rings. The second-order valence-electron chi connectivity index (χ2n) is 13.4. The number of hydrogen-bond acceptors (Lipinski definition) is 9. The molecule has 0 heterocycles. The number of carboxylic acid groups (broad SMARTS) is 2. The number of benzene rings is 2. The molecule has 2 aromatic rings. The van der Waals surface area contributed by atoms with Crippen LogP contribution in [0.25, 0.3) is 0 Å². The molecule has 284 valence electrons. The summed E-state index contributed by atoms with van der Waals surface area (Å²) in [6, 6.07) is 6.42. The van der Waals surface area contributed by atoms with E-state index in [1.54, 1.807) is 44.2 Å². The van der Waals surface area contributed by atoms with Gasteiger partial charge in [-0.3, -0.25) is 28.8 Å². The van der Waals surface area contributed by atoms with Crippen LogP contribution in [0.15, 0.2) is 54.6 Å². The number of carbonyl (C=O) groups is 7. The van der Waals surface area contributed by atoms with Gasteiger partial charge in [-0.2, -0.15) is 0 Å². The van der Waals surface area contributed by atoms with E-state index in [0.29, 0.717) is 11.1 Å². The summed E-state index contributed by atoms with van der Waals surface area (Å²) >= 11 is 0. The third-order valence-electron chi connectivity index (χ3n) is 7.92. The van der Waals surface area contributed by atoms with Gasteiger partial charge in [0.15, 0.2) is 0 Å². The Kier molecular flexibility index (Phi) is 16.7. The second-order valence-corrected chi connectivity index (χ2v) is 13.4. The van der Waals surface area contributed by atoms with E-state index in [2.05, 4.69) is 26.6 Å². The summed E-state index contributed by atoms with van der Waals surface area (Å²) in [4.78, 5) is 90.3. The van der Waals surface area contributed by atoms with Crippen molar-refractivity contribution >= 4 is 41.5 Å². The number of aromatic hydroxyl groups is 1. The van der Waals surface area contributed by atoms with Gasteiger partial charge in [-0.05, 0) is 48.4 Å². The molecule has 16 nitrogen and oxygen atoms in total. The van der Waals surface area contributed by atoms with Crippen LogP contribution < -0.4 is 32.3 Å². The van der Waals surface area contributed by atoms with Crippen LogP contribution in [0.4, 0.5) is 0 Å². The quantitative estimate of drug-likeness (QED) is 0.0890. The predicted molar refractivity (Wildman–Crippen MR) is 189 cm³/mol. The molecule has 0 aromatic heterocycles. The minimum absolute atomic E-state index is 0.0290. The lowest BCUT2D eigenvalue weighted by atomic mass is 9.99. The van der Waals surface area contributed by atoms with E-state index in [1.165, 1.54) is 31.2 Å². The molecule has 0 bridgehead atoms. The molecule has 52 heavy (non-hydrogen) atoms. The lowest BCUT2D eigenvalue weighted by Gasteiger charge is -2.28. The Morgan fingerprint density at radius 3 is 1.60 bits per heavy atom. The molecule has 0 unspecified atom stereocenters. The second kappa shape index (κ2) is 20.4. The van der Waals surface area contributed by atoms with Crippen LogP contribution in [-0.4, -0.2) is 93.0 Å². The van der Waals surface area contributed by atoms with Gasteiger partial charge in [0.1, 0.15) is 36.0 Å². The van der Waals surface area contributed by atoms with Crippen molar-refractivity contribution in [3.05, 3.63) is 65.7 Å². The molecule has 16 heteroatoms. The summed E-state index contributed by atoms with van der Waals surface area (Å²) in [6.07, 6.45) is -0.939. The van der Waals surface area contributed by atoms with Gasteiger partial charge in [-0.1, -0.05) is 70.2 Å². The summed E-state index contributed by atoms with van der Waals surface area (Å²) in [7, 11) is 0. The van der Waals surface area contributed by atoms with Gasteiger partial charge >= 0.3 is 11.9 Å². The molecule has 0 radical (unpaired) electrons. The fourth-order valence-electron chi connectivity index (χ4n) is 5.11. The average molecular weight is 727 g/mol. The number of nitrogens with one attached hydrogen (secondary N) is 5. The third-order valence-corrected chi connectivity index (χ3v) is 7.92. The molecule has 0 spiro atoms. The maximum absolute atomic E-state index is 13.6. The number of phenols is 1. The van der Waals surface area contributed by atoms with Gasteiger partial charge in [-0.25, -0.2) is 4.79 Å². The zero-order valence-corrected chi connectivity index (χ0v) is 29.9. The van der Waals surface area contributed by atoms with Crippen molar-refractivity contribution in [2.75, 3.05) is 0 Å². The maximum atomic E-state index is 13.6. The predicted octanol–water partition coefficient (Wildman–Crippen LogP) is 0.210. The standard InChI is InChI=1S/C36H50N6O10/c1-19(2)15-25(38-31(46)21(5)37)34(49)42-30(20(3)4)35(50)40-27(18-29(44)45)33(48)39-26(16-22-9-7-6-8-10-22)32(47)41-28(36(51)52)17-23-11-13-24(43)14-12-23/h6-14,19-21,25-28,30,43H,15-18,37H2,1-5H3,(H,38,46)(H,39,48)(H,40,50)(H,41,47)(H,42,49)(H,44,45)(H,51,52)/t21-,25-,26-,27-,28-,30-/m0/s1. The Hall–Kier alpha value is -5.51. The molecule has 0 aliphatic carbocycles. The monoisotopic (exact) mass is 726 g/mol. The molecule has 2 rings (SSSR count). The SMILES string of the molecule is CC(C)C[C@H](NC(=O)[C@H](C)N)C(=O)N[C@H](C(=O)N[C@@H](CC(=O)O)C(=O)N[C@@H](Cc1ccccc1)C(=O)N[C@@H](Cc1ccc(O)cc1)C(=O)O)C(C)C. The zero-order chi connectivity index (χ0) is 39.1. The van der Waals surface area contributed by atoms with Crippen molar-refractivity contribution in [3.8, 4) is 5.75 Å². The Morgan fingerprint density at radius 2 is 1.08 bits per heavy atom. The van der Waals surface area contributed by atoms with Crippen LogP contribution in [0.5, 0.6) is 5.75 Å². The lowest BCUT2D eigenvalue weighted by Crippen LogP contribution is -2.60. The molecule has 0 saturated heterocycles. The highest BCUT2D eigenvalue weighted by Gasteiger charge is 2.35. The minimum Gasteiger partial charge on any atom is -0.508 e. The zero-order valence-electron chi connectivity index (χ0n) is 29.9. The number of rotatable bonds is 20. The Bertz CT molecular complexity index is 1550. The van der Waals surface area contributed by atoms with E-state index in [0.717, 1.165) is 0 Å². The molecule has 6 atom stereocenters. The van der Waals surface area contributed by atoms with Crippen molar-refractivity contribution in [1.82, 2.24) is 26.6 Å². The van der Waals surface area contributed by atoms with Crippen LogP contribution in [0.3, 0.4) is 0 Å². The first-order valence-electron chi connectivity index (χ1n) is 16.9. The number of phenolic OH excluding ortho intramolecular Hbond substituents is 1. The molecule has 10 N–H and O–H groups in total. The van der Waals surface area contributed by atoms with Gasteiger partial charge in [0, 0.05) is 12.8 Å². The summed E-state index contributed by atoms with van der Waals surface area (Å²) in [5.41, 5.74) is 6.73. The van der Waals surface area contributed by atoms with Gasteiger partial charge < -0.3 is 47.6 Å². The smallest absolute Gasteiger partial charge is 0.326 e. The van der Waals surface area contributed by atoms with Crippen LogP contribution >= 0.6 is 0 Å². The number of nitrogens with two attached hydrogens (primary N) is 1. The van der Waals surface area contributed by atoms with Gasteiger partial charge in [0.25, 0.3) is 0 Å². The number of amides is 5. The van der Waals surface area contributed by atoms with Crippen molar-refractivity contribution in [2.45, 2.75) is 96.6 Å². The fourth-order valence-corrected chi connectivity index (χ4v) is 5.11. The molecule has 0 aliphatic heterocycles. The number of carboxylic acids is 2. The topological polar surface area (TPSA) is 266 Å².